The molecule has 0 aliphatic carbocycles. The standard InChI is InChI=1S/C5H4Cl2FN2/c6-1-4-3(7)2-9-5(8)10-4/h2,5H,1H2. The van der Waals surface area contributed by atoms with Crippen LogP contribution in [-0.4, -0.2) is 24.2 Å². The Bertz CT molecular complexity index is 180. The summed E-state index contributed by atoms with van der Waals surface area (Å²) in [5, 5.41) is 0.309. The fourth-order valence-electron chi connectivity index (χ4n) is 0.523. The second-order valence-electron chi connectivity index (χ2n) is 1.65. The summed E-state index contributed by atoms with van der Waals surface area (Å²) in [5.74, 6) is 0.116. The van der Waals surface area contributed by atoms with Gasteiger partial charge in [0, 0.05) is 6.21 Å². The zero-order chi connectivity index (χ0) is 7.56. The molecule has 0 bridgehead atoms. The van der Waals surface area contributed by atoms with Crippen LogP contribution >= 0.6 is 23.2 Å². The average molecular weight is 182 g/mol. The third kappa shape index (κ3) is 1.67. The minimum absolute atomic E-state index is 0.116. The molecule has 55 valence electrons. The fourth-order valence-corrected chi connectivity index (χ4v) is 0.977. The molecule has 0 saturated carbocycles. The number of hydrogen-bond donors (Lipinski definition) is 0. The Labute approximate surface area is 67.8 Å². The number of alkyl halides is 2. The lowest BCUT2D eigenvalue weighted by Gasteiger charge is -2.09. The van der Waals surface area contributed by atoms with E-state index >= 15 is 0 Å². The predicted molar refractivity (Wildman–Crippen MR) is 40.6 cm³/mol. The molecule has 0 saturated heterocycles. The minimum atomic E-state index is -1.53. The van der Waals surface area contributed by atoms with Crippen LogP contribution in [0.1, 0.15) is 0 Å². The zero-order valence-corrected chi connectivity index (χ0v) is 6.40. The van der Waals surface area contributed by atoms with Gasteiger partial charge in [-0.3, -0.25) is 0 Å². The van der Waals surface area contributed by atoms with Crippen LogP contribution in [0, 0.1) is 5.38 Å². The summed E-state index contributed by atoms with van der Waals surface area (Å²) in [7, 11) is 0. The van der Waals surface area contributed by atoms with Crippen molar-refractivity contribution in [1.29, 1.82) is 0 Å². The van der Waals surface area contributed by atoms with Crippen molar-refractivity contribution in [1.82, 2.24) is 0 Å². The van der Waals surface area contributed by atoms with E-state index in [9.17, 15) is 4.39 Å². The third-order valence-corrected chi connectivity index (χ3v) is 1.54. The first-order chi connectivity index (χ1) is 4.74. The van der Waals surface area contributed by atoms with Gasteiger partial charge < -0.3 is 0 Å². The largest absolute Gasteiger partial charge is 0.283 e. The van der Waals surface area contributed by atoms with Crippen molar-refractivity contribution in [3.8, 4) is 0 Å². The van der Waals surface area contributed by atoms with Crippen LogP contribution < -0.4 is 0 Å². The van der Waals surface area contributed by atoms with Crippen molar-refractivity contribution in [2.45, 2.75) is 6.42 Å². The summed E-state index contributed by atoms with van der Waals surface area (Å²) in [5.41, 5.74) is 0.353. The number of aliphatic imine (C=N–C) groups is 2. The second kappa shape index (κ2) is 3.30. The van der Waals surface area contributed by atoms with Crippen molar-refractivity contribution in [3.63, 3.8) is 0 Å². The van der Waals surface area contributed by atoms with E-state index in [2.05, 4.69) is 9.98 Å². The van der Waals surface area contributed by atoms with Crippen LogP contribution in [0.15, 0.2) is 9.98 Å². The van der Waals surface area contributed by atoms with Crippen molar-refractivity contribution in [2.75, 3.05) is 5.88 Å². The molecule has 0 fully saturated rings. The van der Waals surface area contributed by atoms with Crippen LogP contribution in [0.4, 0.5) is 4.39 Å². The lowest BCUT2D eigenvalue weighted by Crippen LogP contribution is -2.17. The number of halogens is 3. The maximum Gasteiger partial charge on any atom is 0.283 e. The highest BCUT2D eigenvalue weighted by Gasteiger charge is 2.17. The van der Waals surface area contributed by atoms with E-state index in [4.69, 9.17) is 23.2 Å². The Morgan fingerprint density at radius 3 is 2.90 bits per heavy atom. The van der Waals surface area contributed by atoms with Gasteiger partial charge in [-0.15, -0.1) is 23.2 Å². The first kappa shape index (κ1) is 7.95. The molecule has 1 rings (SSSR count). The lowest BCUT2D eigenvalue weighted by molar-refractivity contribution is 0.361. The second-order valence-corrected chi connectivity index (χ2v) is 2.32. The molecule has 0 N–H and O–H groups in total. The topological polar surface area (TPSA) is 24.7 Å². The quantitative estimate of drug-likeness (QED) is 0.436. The molecule has 0 aromatic rings. The van der Waals surface area contributed by atoms with Gasteiger partial charge in [0.25, 0.3) is 6.42 Å². The first-order valence-electron chi connectivity index (χ1n) is 2.56. The Morgan fingerprint density at radius 1 is 1.70 bits per heavy atom. The van der Waals surface area contributed by atoms with Gasteiger partial charge in [0.2, 0.25) is 0 Å². The molecule has 1 radical (unpaired) electrons. The fraction of sp³-hybridized carbons (Fsp3) is 0.400. The van der Waals surface area contributed by atoms with Crippen molar-refractivity contribution >= 4 is 35.1 Å². The minimum Gasteiger partial charge on any atom is -0.238 e. The Kier molecular flexibility index (Phi) is 2.63. The molecule has 1 atom stereocenters. The van der Waals surface area contributed by atoms with Gasteiger partial charge >= 0.3 is 0 Å². The molecule has 1 unspecified atom stereocenters. The van der Waals surface area contributed by atoms with E-state index in [-0.39, 0.29) is 5.88 Å². The molecule has 0 amide bonds. The summed E-state index contributed by atoms with van der Waals surface area (Å²) in [6.07, 6.45) is -0.312. The normalized spacial score (nSPS) is 26.7. The highest BCUT2D eigenvalue weighted by molar-refractivity contribution is 6.53. The van der Waals surface area contributed by atoms with Gasteiger partial charge in [0.15, 0.2) is 0 Å². The Morgan fingerprint density at radius 2 is 2.40 bits per heavy atom. The van der Waals surface area contributed by atoms with Gasteiger partial charge in [0.1, 0.15) is 5.38 Å². The van der Waals surface area contributed by atoms with Crippen LogP contribution in [0.3, 0.4) is 0 Å². The van der Waals surface area contributed by atoms with E-state index in [1.54, 1.807) is 0 Å². The maximum absolute atomic E-state index is 12.3. The Hall–Kier alpha value is -0.150. The van der Waals surface area contributed by atoms with Gasteiger partial charge in [-0.2, -0.15) is 4.39 Å². The summed E-state index contributed by atoms with van der Waals surface area (Å²) < 4.78 is 12.3. The van der Waals surface area contributed by atoms with E-state index in [1.807, 2.05) is 0 Å². The van der Waals surface area contributed by atoms with Crippen LogP contribution in [-0.2, 0) is 0 Å². The molecule has 0 aromatic carbocycles. The molecule has 1 heterocycles. The molecule has 1 aliphatic heterocycles. The van der Waals surface area contributed by atoms with Crippen LogP contribution in [0.2, 0.25) is 0 Å². The van der Waals surface area contributed by atoms with Crippen LogP contribution in [0.5, 0.6) is 0 Å². The molecule has 0 spiro atoms. The number of nitrogens with zero attached hydrogens (tertiary/aromatic N) is 2. The smallest absolute Gasteiger partial charge is 0.238 e. The summed E-state index contributed by atoms with van der Waals surface area (Å²) >= 11 is 10.9. The van der Waals surface area contributed by atoms with E-state index in [0.717, 1.165) is 0 Å². The molecular formula is C5H4Cl2FN2. The molecule has 5 heteroatoms. The zero-order valence-electron chi connectivity index (χ0n) is 4.89. The van der Waals surface area contributed by atoms with Crippen molar-refractivity contribution in [2.24, 2.45) is 9.98 Å². The first-order valence-corrected chi connectivity index (χ1v) is 3.48. The van der Waals surface area contributed by atoms with Crippen molar-refractivity contribution in [3.05, 3.63) is 5.38 Å². The van der Waals surface area contributed by atoms with Crippen LogP contribution in [0.25, 0.3) is 0 Å². The number of rotatable bonds is 1. The molecule has 10 heavy (non-hydrogen) atoms. The highest BCUT2D eigenvalue weighted by Crippen LogP contribution is 2.15. The van der Waals surface area contributed by atoms with E-state index < -0.39 is 6.42 Å². The summed E-state index contributed by atoms with van der Waals surface area (Å²) in [6, 6.07) is 0. The summed E-state index contributed by atoms with van der Waals surface area (Å²) in [4.78, 5) is 6.74. The monoisotopic (exact) mass is 181 g/mol. The third-order valence-electron chi connectivity index (χ3n) is 0.976. The molecule has 0 aromatic heterocycles. The lowest BCUT2D eigenvalue weighted by atomic mass is 10.3. The summed E-state index contributed by atoms with van der Waals surface area (Å²) in [6.45, 7) is 0. The number of hydrogen-bond acceptors (Lipinski definition) is 2. The van der Waals surface area contributed by atoms with Gasteiger partial charge in [-0.05, 0) is 0 Å². The van der Waals surface area contributed by atoms with Gasteiger partial charge in [-0.25, -0.2) is 9.98 Å². The molecule has 1 aliphatic rings. The predicted octanol–water partition coefficient (Wildman–Crippen LogP) is 1.77. The van der Waals surface area contributed by atoms with Gasteiger partial charge in [0.05, 0.1) is 11.6 Å². The molecular weight excluding hydrogens is 178 g/mol. The highest BCUT2D eigenvalue weighted by atomic mass is 35.5. The average Bonchev–Trinajstić information content (AvgIpc) is 1.94. The Balaban J connectivity index is 2.69. The molecule has 2 nitrogen and oxygen atoms in total. The van der Waals surface area contributed by atoms with E-state index in [0.29, 0.717) is 11.1 Å². The maximum atomic E-state index is 12.3. The van der Waals surface area contributed by atoms with Gasteiger partial charge in [-0.1, -0.05) is 0 Å². The SMILES string of the molecule is FC1N=C[C](Cl)C(CCl)=N1. The van der Waals surface area contributed by atoms with E-state index in [1.165, 1.54) is 6.21 Å². The van der Waals surface area contributed by atoms with Crippen molar-refractivity contribution < 1.29 is 4.39 Å².